The van der Waals surface area contributed by atoms with Crippen molar-refractivity contribution in [3.8, 4) is 0 Å². The number of hydrazine groups is 1. The quantitative estimate of drug-likeness (QED) is 0.795. The molecule has 132 valence electrons. The second-order valence-electron chi connectivity index (χ2n) is 6.70. The molecule has 0 aromatic carbocycles. The Morgan fingerprint density at radius 1 is 1.20 bits per heavy atom. The summed E-state index contributed by atoms with van der Waals surface area (Å²) in [5.41, 5.74) is 7.08. The predicted molar refractivity (Wildman–Crippen MR) is 98.9 cm³/mol. The van der Waals surface area contributed by atoms with Crippen LogP contribution >= 0.6 is 11.6 Å². The van der Waals surface area contributed by atoms with Gasteiger partial charge in [0, 0.05) is 31.0 Å². The summed E-state index contributed by atoms with van der Waals surface area (Å²) in [4.78, 5) is 11.1. The highest BCUT2D eigenvalue weighted by Gasteiger charge is 2.20. The third-order valence-corrected chi connectivity index (χ3v) is 4.94. The SMILES string of the molecule is OC(CN1CCCC1)CN1C=C(c2cnc3ccc(Cl)nc3c2)CN1. The molecule has 0 aliphatic carbocycles. The van der Waals surface area contributed by atoms with Crippen molar-refractivity contribution in [2.24, 2.45) is 0 Å². The monoisotopic (exact) mass is 359 g/mol. The Balaban J connectivity index is 1.43. The summed E-state index contributed by atoms with van der Waals surface area (Å²) in [6.45, 7) is 4.23. The van der Waals surface area contributed by atoms with Crippen LogP contribution in [0.1, 0.15) is 18.4 Å². The summed E-state index contributed by atoms with van der Waals surface area (Å²) >= 11 is 5.98. The van der Waals surface area contributed by atoms with Crippen LogP contribution in [-0.4, -0.2) is 63.8 Å². The largest absolute Gasteiger partial charge is 0.390 e. The highest BCUT2D eigenvalue weighted by Crippen LogP contribution is 2.22. The van der Waals surface area contributed by atoms with E-state index in [1.165, 1.54) is 12.8 Å². The van der Waals surface area contributed by atoms with E-state index in [1.54, 1.807) is 6.07 Å². The Labute approximate surface area is 152 Å². The smallest absolute Gasteiger partial charge is 0.129 e. The Hall–Kier alpha value is -1.73. The maximum absolute atomic E-state index is 10.3. The zero-order valence-electron chi connectivity index (χ0n) is 14.0. The molecule has 0 amide bonds. The van der Waals surface area contributed by atoms with E-state index in [2.05, 4.69) is 20.3 Å². The highest BCUT2D eigenvalue weighted by molar-refractivity contribution is 6.29. The topological polar surface area (TPSA) is 64.5 Å². The second kappa shape index (κ2) is 7.25. The number of β-amino-alcohol motifs (C(OH)–C–C–N with tert-alkyl or cyclic N) is 1. The van der Waals surface area contributed by atoms with E-state index in [0.29, 0.717) is 18.2 Å². The minimum atomic E-state index is -0.364. The fourth-order valence-electron chi connectivity index (χ4n) is 3.47. The first-order chi connectivity index (χ1) is 12.2. The zero-order valence-corrected chi connectivity index (χ0v) is 14.8. The standard InChI is InChI=1S/C18H22ClN5O/c19-18-4-3-16-17(22-18)7-13(8-20-16)14-9-21-24(10-14)12-15(25)11-23-5-1-2-6-23/h3-4,7-8,10,15,21,25H,1-2,5-6,9,11-12H2. The molecule has 6 nitrogen and oxygen atoms in total. The lowest BCUT2D eigenvalue weighted by molar-refractivity contribution is 0.0865. The van der Waals surface area contributed by atoms with Crippen LogP contribution in [0.15, 0.2) is 30.6 Å². The summed E-state index contributed by atoms with van der Waals surface area (Å²) in [5, 5.41) is 12.7. The van der Waals surface area contributed by atoms with Crippen molar-refractivity contribution in [2.45, 2.75) is 18.9 Å². The van der Waals surface area contributed by atoms with Crippen molar-refractivity contribution in [3.05, 3.63) is 41.3 Å². The summed E-state index contributed by atoms with van der Waals surface area (Å²) < 4.78 is 0. The molecular formula is C18H22ClN5O. The van der Waals surface area contributed by atoms with Crippen LogP contribution in [0.3, 0.4) is 0 Å². The van der Waals surface area contributed by atoms with Crippen molar-refractivity contribution >= 4 is 28.2 Å². The lowest BCUT2D eigenvalue weighted by atomic mass is 10.1. The van der Waals surface area contributed by atoms with E-state index in [-0.39, 0.29) is 6.10 Å². The van der Waals surface area contributed by atoms with Crippen molar-refractivity contribution in [1.29, 1.82) is 0 Å². The summed E-state index contributed by atoms with van der Waals surface area (Å²) in [5.74, 6) is 0. The van der Waals surface area contributed by atoms with Crippen molar-refractivity contribution in [3.63, 3.8) is 0 Å². The van der Waals surface area contributed by atoms with Crippen LogP contribution < -0.4 is 5.43 Å². The van der Waals surface area contributed by atoms with Crippen LogP contribution in [0.25, 0.3) is 16.6 Å². The van der Waals surface area contributed by atoms with Crippen molar-refractivity contribution in [2.75, 3.05) is 32.7 Å². The molecule has 7 heteroatoms. The lowest BCUT2D eigenvalue weighted by Crippen LogP contribution is -2.41. The van der Waals surface area contributed by atoms with E-state index in [0.717, 1.165) is 41.8 Å². The first-order valence-electron chi connectivity index (χ1n) is 8.71. The van der Waals surface area contributed by atoms with Gasteiger partial charge in [-0.3, -0.25) is 4.98 Å². The number of rotatable bonds is 5. The molecule has 1 saturated heterocycles. The van der Waals surface area contributed by atoms with E-state index < -0.39 is 0 Å². The minimum Gasteiger partial charge on any atom is -0.390 e. The third-order valence-electron chi connectivity index (χ3n) is 4.73. The van der Waals surface area contributed by atoms with Gasteiger partial charge in [-0.15, -0.1) is 0 Å². The molecule has 2 aromatic rings. The Kier molecular flexibility index (Phi) is 4.85. The van der Waals surface area contributed by atoms with Crippen LogP contribution in [-0.2, 0) is 0 Å². The van der Waals surface area contributed by atoms with E-state index in [9.17, 15) is 5.11 Å². The molecule has 4 heterocycles. The molecule has 0 radical (unpaired) electrons. The number of pyridine rings is 2. The van der Waals surface area contributed by atoms with Gasteiger partial charge < -0.3 is 15.0 Å². The van der Waals surface area contributed by atoms with Gasteiger partial charge in [0.1, 0.15) is 5.15 Å². The number of nitrogens with zero attached hydrogens (tertiary/aromatic N) is 4. The molecule has 2 N–H and O–H groups in total. The molecule has 0 spiro atoms. The van der Waals surface area contributed by atoms with Gasteiger partial charge in [-0.1, -0.05) is 11.6 Å². The summed E-state index contributed by atoms with van der Waals surface area (Å²) in [6.07, 6.45) is 6.02. The number of fused-ring (bicyclic) bond motifs is 1. The van der Waals surface area contributed by atoms with Crippen LogP contribution in [0.5, 0.6) is 0 Å². The number of likely N-dealkylation sites (tertiary alicyclic amines) is 1. The molecule has 1 atom stereocenters. The molecule has 1 fully saturated rings. The summed E-state index contributed by atoms with van der Waals surface area (Å²) in [6, 6.07) is 5.62. The summed E-state index contributed by atoms with van der Waals surface area (Å²) in [7, 11) is 0. The van der Waals surface area contributed by atoms with Gasteiger partial charge in [-0.05, 0) is 49.7 Å². The van der Waals surface area contributed by atoms with Gasteiger partial charge in [0.15, 0.2) is 0 Å². The maximum Gasteiger partial charge on any atom is 0.129 e. The second-order valence-corrected chi connectivity index (χ2v) is 7.09. The Morgan fingerprint density at radius 3 is 2.88 bits per heavy atom. The minimum absolute atomic E-state index is 0.364. The number of aliphatic hydroxyl groups is 1. The van der Waals surface area contributed by atoms with Gasteiger partial charge in [0.05, 0.1) is 23.7 Å². The number of aliphatic hydroxyl groups excluding tert-OH is 1. The first-order valence-corrected chi connectivity index (χ1v) is 9.09. The molecular weight excluding hydrogens is 338 g/mol. The Bertz CT molecular complexity index is 790. The van der Waals surface area contributed by atoms with E-state index >= 15 is 0 Å². The predicted octanol–water partition coefficient (Wildman–Crippen LogP) is 1.90. The molecule has 25 heavy (non-hydrogen) atoms. The number of nitrogens with one attached hydrogen (secondary N) is 1. The molecule has 0 bridgehead atoms. The van der Waals surface area contributed by atoms with Gasteiger partial charge >= 0.3 is 0 Å². The molecule has 4 rings (SSSR count). The van der Waals surface area contributed by atoms with E-state index in [4.69, 9.17) is 11.6 Å². The molecule has 2 aliphatic heterocycles. The number of hydrogen-bond acceptors (Lipinski definition) is 6. The normalized spacial score (nSPS) is 19.6. The van der Waals surface area contributed by atoms with Crippen LogP contribution in [0.2, 0.25) is 5.15 Å². The molecule has 2 aliphatic rings. The lowest BCUT2D eigenvalue weighted by Gasteiger charge is -2.23. The molecule has 1 unspecified atom stereocenters. The molecule has 2 aromatic heterocycles. The zero-order chi connectivity index (χ0) is 17.2. The van der Waals surface area contributed by atoms with Gasteiger partial charge in [0.25, 0.3) is 0 Å². The number of hydrogen-bond donors (Lipinski definition) is 2. The van der Waals surface area contributed by atoms with Gasteiger partial charge in [-0.25, -0.2) is 10.4 Å². The highest BCUT2D eigenvalue weighted by atomic mass is 35.5. The van der Waals surface area contributed by atoms with Gasteiger partial charge in [-0.2, -0.15) is 0 Å². The number of halogens is 1. The first kappa shape index (κ1) is 16.7. The fraction of sp³-hybridized carbons (Fsp3) is 0.444. The average Bonchev–Trinajstić information content (AvgIpc) is 3.26. The average molecular weight is 360 g/mol. The van der Waals surface area contributed by atoms with Crippen molar-refractivity contribution in [1.82, 2.24) is 25.3 Å². The van der Waals surface area contributed by atoms with Crippen LogP contribution in [0, 0.1) is 0 Å². The van der Waals surface area contributed by atoms with Gasteiger partial charge in [0.2, 0.25) is 0 Å². The van der Waals surface area contributed by atoms with Crippen molar-refractivity contribution < 1.29 is 5.11 Å². The maximum atomic E-state index is 10.3. The van der Waals surface area contributed by atoms with E-state index in [1.807, 2.05) is 29.5 Å². The third kappa shape index (κ3) is 3.93. The molecule has 0 saturated carbocycles. The Morgan fingerprint density at radius 2 is 2.04 bits per heavy atom. The fourth-order valence-corrected chi connectivity index (χ4v) is 3.62. The number of aromatic nitrogens is 2. The van der Waals surface area contributed by atoms with Crippen LogP contribution in [0.4, 0.5) is 0 Å².